The monoisotopic (exact) mass is 325 g/mol. The molecule has 1 atom stereocenters. The Morgan fingerprint density at radius 3 is 2.75 bits per heavy atom. The minimum absolute atomic E-state index is 0.584. The number of nitrogens with one attached hydrogen (secondary N) is 2. The van der Waals surface area contributed by atoms with Gasteiger partial charge in [0.2, 0.25) is 0 Å². The molecule has 1 fully saturated rings. The maximum Gasteiger partial charge on any atom is 0.0491 e. The molecule has 1 saturated heterocycles. The summed E-state index contributed by atoms with van der Waals surface area (Å²) in [7, 11) is 0. The fourth-order valence-corrected chi connectivity index (χ4v) is 4.80. The van der Waals surface area contributed by atoms with Crippen LogP contribution in [0.2, 0.25) is 0 Å². The van der Waals surface area contributed by atoms with Gasteiger partial charge in [-0.05, 0) is 81.8 Å². The molecule has 0 spiro atoms. The minimum atomic E-state index is 0.584. The molecule has 0 amide bonds. The van der Waals surface area contributed by atoms with Crippen molar-refractivity contribution in [3.8, 4) is 0 Å². The molecule has 24 heavy (non-hydrogen) atoms. The van der Waals surface area contributed by atoms with Crippen LogP contribution in [0.4, 0.5) is 0 Å². The molecular weight excluding hydrogens is 294 g/mol. The van der Waals surface area contributed by atoms with E-state index in [1.54, 1.807) is 11.3 Å². The fraction of sp³-hybridized carbons (Fsp3) is 0.619. The Labute approximate surface area is 145 Å². The molecule has 2 aliphatic rings. The number of nitrogens with zero attached hydrogens (tertiary/aromatic N) is 1. The van der Waals surface area contributed by atoms with E-state index in [4.69, 9.17) is 0 Å². The van der Waals surface area contributed by atoms with E-state index in [9.17, 15) is 0 Å². The molecule has 0 saturated carbocycles. The average molecular weight is 326 g/mol. The van der Waals surface area contributed by atoms with Crippen molar-refractivity contribution in [2.45, 2.75) is 65.6 Å². The van der Waals surface area contributed by atoms with E-state index >= 15 is 0 Å². The quantitative estimate of drug-likeness (QED) is 0.901. The van der Waals surface area contributed by atoms with Gasteiger partial charge in [0.05, 0.1) is 0 Å². The summed E-state index contributed by atoms with van der Waals surface area (Å²) in [6, 6.07) is 5.34. The van der Waals surface area contributed by atoms with E-state index in [1.165, 1.54) is 60.9 Å². The van der Waals surface area contributed by atoms with Gasteiger partial charge in [-0.2, -0.15) is 0 Å². The molecule has 0 bridgehead atoms. The molecule has 0 aliphatic carbocycles. The molecule has 3 heterocycles. The second kappa shape index (κ2) is 6.53. The lowest BCUT2D eigenvalue weighted by Gasteiger charge is -2.25. The van der Waals surface area contributed by atoms with E-state index in [1.807, 2.05) is 0 Å². The lowest BCUT2D eigenvalue weighted by Crippen LogP contribution is -2.33. The summed E-state index contributed by atoms with van der Waals surface area (Å²) in [5.41, 5.74) is 7.46. The predicted octanol–water partition coefficient (Wildman–Crippen LogP) is 3.68. The number of hydrogen-bond donors (Lipinski definition) is 2. The zero-order valence-corrected chi connectivity index (χ0v) is 15.4. The third-order valence-electron chi connectivity index (χ3n) is 6.07. The topological polar surface area (TPSA) is 29.0 Å². The molecule has 3 heteroatoms. The SMILES string of the molecule is Cc1cc(C)c2c3c(n(CCC4CCNCC4)c2c1)CC(C)NC3. The molecule has 1 aromatic carbocycles. The fourth-order valence-electron chi connectivity index (χ4n) is 4.80. The van der Waals surface area contributed by atoms with Gasteiger partial charge in [-0.1, -0.05) is 6.07 Å². The number of benzene rings is 1. The highest BCUT2D eigenvalue weighted by molar-refractivity contribution is 5.89. The van der Waals surface area contributed by atoms with Crippen LogP contribution in [0.3, 0.4) is 0 Å². The Kier molecular flexibility index (Phi) is 4.40. The average Bonchev–Trinajstić information content (AvgIpc) is 2.86. The van der Waals surface area contributed by atoms with Crippen molar-refractivity contribution in [1.82, 2.24) is 15.2 Å². The van der Waals surface area contributed by atoms with Crippen LogP contribution in [-0.2, 0) is 19.5 Å². The first-order chi connectivity index (χ1) is 11.6. The van der Waals surface area contributed by atoms with Gasteiger partial charge in [0.25, 0.3) is 0 Å². The summed E-state index contributed by atoms with van der Waals surface area (Å²) in [6.45, 7) is 11.4. The van der Waals surface area contributed by atoms with Gasteiger partial charge in [0, 0.05) is 42.1 Å². The summed E-state index contributed by atoms with van der Waals surface area (Å²) < 4.78 is 2.67. The molecule has 3 nitrogen and oxygen atoms in total. The molecular formula is C21H31N3. The molecule has 1 unspecified atom stereocenters. The standard InChI is InChI=1S/C21H31N3/c1-14-10-15(2)21-18-13-23-16(3)12-19(18)24(20(21)11-14)9-6-17-4-7-22-8-5-17/h10-11,16-17,22-23H,4-9,12-13H2,1-3H3. The smallest absolute Gasteiger partial charge is 0.0491 e. The third kappa shape index (κ3) is 2.89. The highest BCUT2D eigenvalue weighted by Crippen LogP contribution is 2.34. The highest BCUT2D eigenvalue weighted by atomic mass is 15.0. The van der Waals surface area contributed by atoms with Crippen LogP contribution in [0.15, 0.2) is 12.1 Å². The Balaban J connectivity index is 1.73. The van der Waals surface area contributed by atoms with E-state index in [2.05, 4.69) is 48.1 Å². The van der Waals surface area contributed by atoms with Gasteiger partial charge in [0.15, 0.2) is 0 Å². The molecule has 0 radical (unpaired) electrons. The summed E-state index contributed by atoms with van der Waals surface area (Å²) >= 11 is 0. The van der Waals surface area contributed by atoms with E-state index < -0.39 is 0 Å². The second-order valence-corrected chi connectivity index (χ2v) is 8.02. The largest absolute Gasteiger partial charge is 0.344 e. The number of fused-ring (bicyclic) bond motifs is 3. The lowest BCUT2D eigenvalue weighted by atomic mass is 9.94. The van der Waals surface area contributed by atoms with E-state index in [-0.39, 0.29) is 0 Å². The molecule has 2 aromatic rings. The summed E-state index contributed by atoms with van der Waals surface area (Å²) in [6.07, 6.45) is 5.18. The first-order valence-electron chi connectivity index (χ1n) is 9.68. The zero-order valence-electron chi connectivity index (χ0n) is 15.4. The first-order valence-corrected chi connectivity index (χ1v) is 9.68. The van der Waals surface area contributed by atoms with Crippen LogP contribution in [-0.4, -0.2) is 23.7 Å². The summed E-state index contributed by atoms with van der Waals surface area (Å²) in [5.74, 6) is 0.893. The van der Waals surface area contributed by atoms with Crippen molar-refractivity contribution in [1.29, 1.82) is 0 Å². The van der Waals surface area contributed by atoms with Crippen molar-refractivity contribution >= 4 is 10.9 Å². The molecule has 1 aromatic heterocycles. The van der Waals surface area contributed by atoms with Crippen LogP contribution >= 0.6 is 0 Å². The van der Waals surface area contributed by atoms with Gasteiger partial charge < -0.3 is 15.2 Å². The Morgan fingerprint density at radius 2 is 1.96 bits per heavy atom. The van der Waals surface area contributed by atoms with Gasteiger partial charge in [0.1, 0.15) is 0 Å². The number of rotatable bonds is 3. The third-order valence-corrected chi connectivity index (χ3v) is 6.07. The van der Waals surface area contributed by atoms with Crippen molar-refractivity contribution in [2.75, 3.05) is 13.1 Å². The minimum Gasteiger partial charge on any atom is -0.344 e. The second-order valence-electron chi connectivity index (χ2n) is 8.02. The van der Waals surface area contributed by atoms with Gasteiger partial charge in [-0.25, -0.2) is 0 Å². The van der Waals surface area contributed by atoms with Gasteiger partial charge in [-0.15, -0.1) is 0 Å². The molecule has 130 valence electrons. The van der Waals surface area contributed by atoms with Crippen LogP contribution < -0.4 is 10.6 Å². The molecule has 2 N–H and O–H groups in total. The van der Waals surface area contributed by atoms with Crippen LogP contribution in [0, 0.1) is 19.8 Å². The van der Waals surface area contributed by atoms with E-state index in [0.29, 0.717) is 6.04 Å². The Hall–Kier alpha value is -1.32. The maximum atomic E-state index is 3.67. The van der Waals surface area contributed by atoms with Gasteiger partial charge >= 0.3 is 0 Å². The number of piperidine rings is 1. The van der Waals surface area contributed by atoms with Gasteiger partial charge in [-0.3, -0.25) is 0 Å². The summed E-state index contributed by atoms with van der Waals surface area (Å²) in [4.78, 5) is 0. The maximum absolute atomic E-state index is 3.67. The van der Waals surface area contributed by atoms with Crippen LogP contribution in [0.25, 0.3) is 10.9 Å². The van der Waals surface area contributed by atoms with Crippen LogP contribution in [0.5, 0.6) is 0 Å². The van der Waals surface area contributed by atoms with Crippen molar-refractivity contribution in [2.24, 2.45) is 5.92 Å². The van der Waals surface area contributed by atoms with Crippen LogP contribution in [0.1, 0.15) is 48.6 Å². The zero-order chi connectivity index (χ0) is 16.7. The van der Waals surface area contributed by atoms with Crippen molar-refractivity contribution in [3.05, 3.63) is 34.5 Å². The predicted molar refractivity (Wildman–Crippen MR) is 102 cm³/mol. The Bertz CT molecular complexity index is 737. The molecule has 4 rings (SSSR count). The lowest BCUT2D eigenvalue weighted by molar-refractivity contribution is 0.336. The number of hydrogen-bond acceptors (Lipinski definition) is 2. The number of aromatic nitrogens is 1. The Morgan fingerprint density at radius 1 is 1.17 bits per heavy atom. The first kappa shape index (κ1) is 16.2. The van der Waals surface area contributed by atoms with Crippen molar-refractivity contribution < 1.29 is 0 Å². The summed E-state index contributed by atoms with van der Waals surface area (Å²) in [5, 5.41) is 8.68. The number of aryl methyl sites for hydroxylation is 3. The van der Waals surface area contributed by atoms with Crippen molar-refractivity contribution in [3.63, 3.8) is 0 Å². The normalized spacial score (nSPS) is 22.0. The highest BCUT2D eigenvalue weighted by Gasteiger charge is 2.24. The van der Waals surface area contributed by atoms with E-state index in [0.717, 1.165) is 18.9 Å². The molecule has 2 aliphatic heterocycles.